The number of hydrogen-bond donors (Lipinski definition) is 2. The van der Waals surface area contributed by atoms with Gasteiger partial charge in [-0.2, -0.15) is 0 Å². The molecule has 0 atom stereocenters. The van der Waals surface area contributed by atoms with Crippen molar-refractivity contribution in [1.82, 2.24) is 12.3 Å². The molecule has 0 radical (unpaired) electrons. The molecule has 0 aromatic carbocycles. The van der Waals surface area contributed by atoms with E-state index in [0.717, 1.165) is 0 Å². The van der Waals surface area contributed by atoms with Gasteiger partial charge in [0.25, 0.3) is 0 Å². The zero-order valence-electron chi connectivity index (χ0n) is 6.36. The molecule has 0 saturated carbocycles. The molecule has 0 aliphatic carbocycles. The number of hydrogen-bond acceptors (Lipinski definition) is 7. The number of carboxylic acid groups (broad SMARTS) is 4. The van der Waals surface area contributed by atoms with E-state index in [2.05, 4.69) is 0 Å². The van der Waals surface area contributed by atoms with Crippen LogP contribution in [0.5, 0.6) is 0 Å². The van der Waals surface area contributed by atoms with Crippen LogP contribution in [0.3, 0.4) is 0 Å². The Kier molecular flexibility index (Phi) is 81.2. The van der Waals surface area contributed by atoms with E-state index in [4.69, 9.17) is 32.8 Å². The molecule has 9 nitrogen and oxygen atoms in total. The van der Waals surface area contributed by atoms with E-state index in [9.17, 15) is 0 Å². The van der Waals surface area contributed by atoms with Crippen LogP contribution >= 0.6 is 0 Å². The van der Waals surface area contributed by atoms with E-state index in [-0.39, 0.29) is 12.3 Å². The fourth-order valence-electron chi connectivity index (χ4n) is 0. The third-order valence-corrected chi connectivity index (χ3v) is 0. The molecule has 0 aromatic rings. The Labute approximate surface area is 82.5 Å². The number of quaternary nitrogens is 2. The van der Waals surface area contributed by atoms with E-state index in [1.165, 1.54) is 0 Å². The van der Waals surface area contributed by atoms with Crippen LogP contribution in [0.1, 0.15) is 0 Å². The summed E-state index contributed by atoms with van der Waals surface area (Å²) in [5.41, 5.74) is 0. The second-order valence-corrected chi connectivity index (χ2v) is 0.500. The van der Waals surface area contributed by atoms with Gasteiger partial charge in [-0.3, -0.25) is 0 Å². The van der Waals surface area contributed by atoms with Crippen LogP contribution in [-0.4, -0.2) is 12.3 Å². The van der Waals surface area contributed by atoms with Crippen LogP contribution in [0.15, 0.2) is 0 Å². The topological polar surface area (TPSA) is 216 Å². The molecule has 0 fully saturated rings. The molecular weight excluding hydrogens is 255 g/mol. The van der Waals surface area contributed by atoms with E-state index >= 15 is 0 Å². The van der Waals surface area contributed by atoms with Gasteiger partial charge in [-0.05, 0) is 12.3 Å². The van der Waals surface area contributed by atoms with Crippen molar-refractivity contribution in [3.63, 3.8) is 0 Å². The molecule has 0 unspecified atom stereocenters. The summed E-state index contributed by atoms with van der Waals surface area (Å²) in [5, 5.41) is 33.3. The molecule has 10 heteroatoms. The van der Waals surface area contributed by atoms with Crippen molar-refractivity contribution in [3.8, 4) is 0 Å². The quantitative estimate of drug-likeness (QED) is 0.437. The van der Waals surface area contributed by atoms with Crippen LogP contribution in [0.25, 0.3) is 0 Å². The fraction of sp³-hybridized carbons (Fsp3) is 0. The monoisotopic (exact) mass is 262 g/mol. The standard InChI is InChI=1S/2CH2O3.2H3N.O.Zr/c2*2-1(3)4;;;;/h2*(H2,2,3,4);2*1H3;;/q;;;;;+2/p-2. The molecule has 0 heterocycles. The predicted molar refractivity (Wildman–Crippen MR) is 23.4 cm³/mol. The van der Waals surface area contributed by atoms with Crippen LogP contribution in [0.2, 0.25) is 0 Å². The van der Waals surface area contributed by atoms with Gasteiger partial charge in [0.05, 0.1) is 0 Å². The molecule has 0 saturated heterocycles. The molecular formula is C2H8N2O7Zr. The Balaban J connectivity index is -0.0000000198. The Morgan fingerprint density at radius 3 is 0.750 bits per heavy atom. The number of carbonyl (C=O) groups excluding carboxylic acids is 2. The van der Waals surface area contributed by atoms with Crippen molar-refractivity contribution in [3.05, 3.63) is 0 Å². The Morgan fingerprint density at radius 2 is 0.750 bits per heavy atom. The molecule has 12 heavy (non-hydrogen) atoms. The van der Waals surface area contributed by atoms with E-state index in [1.54, 1.807) is 0 Å². The van der Waals surface area contributed by atoms with Gasteiger partial charge in [0.1, 0.15) is 0 Å². The summed E-state index contributed by atoms with van der Waals surface area (Å²) in [6, 6.07) is 0. The van der Waals surface area contributed by atoms with E-state index in [0.29, 0.717) is 24.7 Å². The van der Waals surface area contributed by atoms with E-state index in [1.807, 2.05) is 0 Å². The molecule has 0 spiro atoms. The molecule has 0 amide bonds. The third kappa shape index (κ3) is 826. The second-order valence-electron chi connectivity index (χ2n) is 0.500. The predicted octanol–water partition coefficient (Wildman–Crippen LogP) is -4.26. The molecule has 0 aliphatic heterocycles. The van der Waals surface area contributed by atoms with Crippen LogP contribution in [-0.2, 0) is 27.5 Å². The molecule has 8 N–H and O–H groups in total. The molecule has 0 rings (SSSR count). The number of carbonyl (C=O) groups is 2. The summed E-state index contributed by atoms with van der Waals surface area (Å²) in [7, 11) is 0. The fourth-order valence-corrected chi connectivity index (χ4v) is 0. The minimum absolute atomic E-state index is 0. The Morgan fingerprint density at radius 1 is 0.750 bits per heavy atom. The maximum atomic E-state index is 8.34. The van der Waals surface area contributed by atoms with Crippen molar-refractivity contribution in [2.45, 2.75) is 0 Å². The van der Waals surface area contributed by atoms with Crippen molar-refractivity contribution in [1.29, 1.82) is 0 Å². The summed E-state index contributed by atoms with van der Waals surface area (Å²) >= 11 is 0.300. The molecule has 0 bridgehead atoms. The summed E-state index contributed by atoms with van der Waals surface area (Å²) in [6.45, 7) is 0. The average molecular weight is 263 g/mol. The normalized spacial score (nSPS) is 4.50. The van der Waals surface area contributed by atoms with Crippen LogP contribution in [0, 0.1) is 0 Å². The van der Waals surface area contributed by atoms with Crippen molar-refractivity contribution >= 4 is 12.3 Å². The van der Waals surface area contributed by atoms with Gasteiger partial charge in [0.15, 0.2) is 0 Å². The molecule has 72 valence electrons. The summed E-state index contributed by atoms with van der Waals surface area (Å²) in [5.74, 6) is 0. The van der Waals surface area contributed by atoms with Crippen molar-refractivity contribution in [2.75, 3.05) is 0 Å². The Bertz CT molecular complexity index is 87.6. The van der Waals surface area contributed by atoms with Gasteiger partial charge >= 0.3 is 27.5 Å². The zero-order valence-corrected chi connectivity index (χ0v) is 8.82. The first-order valence-electron chi connectivity index (χ1n) is 1.43. The van der Waals surface area contributed by atoms with Crippen molar-refractivity contribution < 1.29 is 57.6 Å². The third-order valence-electron chi connectivity index (χ3n) is 0. The van der Waals surface area contributed by atoms with Gasteiger partial charge in [-0.1, -0.05) is 0 Å². The first-order chi connectivity index (χ1) is 4.46. The van der Waals surface area contributed by atoms with E-state index < -0.39 is 12.3 Å². The van der Waals surface area contributed by atoms with Gasteiger partial charge in [-0.15, -0.1) is 0 Å². The molecule has 0 aromatic heterocycles. The first kappa shape index (κ1) is 30.4. The van der Waals surface area contributed by atoms with Gasteiger partial charge in [0.2, 0.25) is 0 Å². The average Bonchev–Trinajstić information content (AvgIpc) is 1.66. The maximum absolute atomic E-state index is 8.34. The number of rotatable bonds is 0. The second kappa shape index (κ2) is 32.1. The zero-order chi connectivity index (χ0) is 9.15. The summed E-state index contributed by atoms with van der Waals surface area (Å²) in [4.78, 5) is 16.7. The van der Waals surface area contributed by atoms with Gasteiger partial charge in [0, 0.05) is 0 Å². The van der Waals surface area contributed by atoms with Crippen molar-refractivity contribution in [2.24, 2.45) is 0 Å². The first-order valence-corrected chi connectivity index (χ1v) is 2.43. The SMILES string of the molecule is O=C([O-])[O-].O=C([O-])[O-].[NH4+].[NH4+].[O]=[Zr+2]. The van der Waals surface area contributed by atoms with Crippen LogP contribution in [0.4, 0.5) is 9.59 Å². The summed E-state index contributed by atoms with van der Waals surface area (Å²) in [6.07, 6.45) is -4.67. The van der Waals surface area contributed by atoms with Gasteiger partial charge in [-0.25, -0.2) is 0 Å². The Hall–Kier alpha value is -0.857. The van der Waals surface area contributed by atoms with Gasteiger partial charge < -0.3 is 42.3 Å². The van der Waals surface area contributed by atoms with Crippen LogP contribution < -0.4 is 32.7 Å². The summed E-state index contributed by atoms with van der Waals surface area (Å²) < 4.78 is 8.34. The molecule has 0 aliphatic rings. The minimum atomic E-state index is -2.33.